The topological polar surface area (TPSA) is 111 Å². The SMILES string of the molecule is COc1ccc(C(=O)NCc2nnc(SCC(=O)N3N=C(c4cccs4)CC3c3ccc(C)cc3)n2CCc2ccccc2)cc1OC. The first-order valence-corrected chi connectivity index (χ1v) is 17.4. The van der Waals surface area contributed by atoms with Gasteiger partial charge in [-0.05, 0) is 54.1 Å². The summed E-state index contributed by atoms with van der Waals surface area (Å²) >= 11 is 2.95. The minimum atomic E-state index is -0.284. The number of carbonyl (C=O) groups is 2. The molecule has 1 atom stereocenters. The fourth-order valence-corrected chi connectivity index (χ4v) is 7.04. The summed E-state index contributed by atoms with van der Waals surface area (Å²) in [5, 5.41) is 20.9. The molecule has 5 aromatic rings. The Labute approximate surface area is 287 Å². The number of thioether (sulfide) groups is 1. The molecule has 6 rings (SSSR count). The summed E-state index contributed by atoms with van der Waals surface area (Å²) in [6.45, 7) is 2.78. The number of rotatable bonds is 13. The molecule has 0 saturated heterocycles. The maximum Gasteiger partial charge on any atom is 0.253 e. The predicted molar refractivity (Wildman–Crippen MR) is 188 cm³/mol. The number of benzene rings is 3. The molecular formula is C36H36N6O4S2. The molecule has 10 nitrogen and oxygen atoms in total. The van der Waals surface area contributed by atoms with Gasteiger partial charge < -0.3 is 19.4 Å². The number of amides is 2. The number of nitrogens with one attached hydrogen (secondary N) is 1. The number of aryl methyl sites for hydroxylation is 2. The number of ether oxygens (including phenoxy) is 2. The van der Waals surface area contributed by atoms with Crippen LogP contribution in [0.25, 0.3) is 0 Å². The molecule has 2 amide bonds. The van der Waals surface area contributed by atoms with Crippen LogP contribution in [0.5, 0.6) is 11.5 Å². The Hall–Kier alpha value is -4.94. The number of hydrogen-bond acceptors (Lipinski definition) is 9. The van der Waals surface area contributed by atoms with E-state index in [0.717, 1.165) is 33.7 Å². The molecule has 12 heteroatoms. The zero-order chi connectivity index (χ0) is 33.5. The van der Waals surface area contributed by atoms with Gasteiger partial charge in [0, 0.05) is 18.5 Å². The Morgan fingerprint density at radius 3 is 2.48 bits per heavy atom. The normalized spacial score (nSPS) is 14.1. The second-order valence-corrected chi connectivity index (χ2v) is 13.1. The molecule has 3 heterocycles. The van der Waals surface area contributed by atoms with Crippen molar-refractivity contribution in [2.45, 2.75) is 44.1 Å². The number of methoxy groups -OCH3 is 2. The van der Waals surface area contributed by atoms with Gasteiger partial charge >= 0.3 is 0 Å². The van der Waals surface area contributed by atoms with Crippen molar-refractivity contribution < 1.29 is 19.1 Å². The molecule has 0 spiro atoms. The number of aromatic nitrogens is 3. The van der Waals surface area contributed by atoms with Crippen molar-refractivity contribution >= 4 is 40.6 Å². The van der Waals surface area contributed by atoms with E-state index in [1.165, 1.54) is 18.9 Å². The Morgan fingerprint density at radius 1 is 0.958 bits per heavy atom. The van der Waals surface area contributed by atoms with Crippen LogP contribution in [-0.2, 0) is 24.3 Å². The summed E-state index contributed by atoms with van der Waals surface area (Å²) in [6, 6.07) is 27.3. The van der Waals surface area contributed by atoms with Crippen molar-refractivity contribution in [3.8, 4) is 11.5 Å². The van der Waals surface area contributed by atoms with E-state index in [1.54, 1.807) is 41.7 Å². The van der Waals surface area contributed by atoms with Crippen molar-refractivity contribution in [1.29, 1.82) is 0 Å². The predicted octanol–water partition coefficient (Wildman–Crippen LogP) is 6.31. The molecule has 0 saturated carbocycles. The van der Waals surface area contributed by atoms with E-state index in [4.69, 9.17) is 14.6 Å². The zero-order valence-electron chi connectivity index (χ0n) is 27.0. The van der Waals surface area contributed by atoms with Crippen molar-refractivity contribution in [1.82, 2.24) is 25.1 Å². The van der Waals surface area contributed by atoms with E-state index < -0.39 is 0 Å². The van der Waals surface area contributed by atoms with Gasteiger partial charge in [-0.3, -0.25) is 9.59 Å². The van der Waals surface area contributed by atoms with Gasteiger partial charge in [-0.2, -0.15) is 5.10 Å². The zero-order valence-corrected chi connectivity index (χ0v) is 28.6. The van der Waals surface area contributed by atoms with Crippen molar-refractivity contribution in [3.63, 3.8) is 0 Å². The van der Waals surface area contributed by atoms with Gasteiger partial charge in [-0.25, -0.2) is 5.01 Å². The molecule has 48 heavy (non-hydrogen) atoms. The van der Waals surface area contributed by atoms with Crippen molar-refractivity contribution in [2.24, 2.45) is 5.10 Å². The molecule has 1 aliphatic rings. The summed E-state index contributed by atoms with van der Waals surface area (Å²) in [5.41, 5.74) is 4.71. The third-order valence-electron chi connectivity index (χ3n) is 8.07. The number of thiophene rings is 1. The van der Waals surface area contributed by atoms with Crippen LogP contribution in [0.3, 0.4) is 0 Å². The highest BCUT2D eigenvalue weighted by Crippen LogP contribution is 2.35. The monoisotopic (exact) mass is 680 g/mol. The van der Waals surface area contributed by atoms with Gasteiger partial charge in [0.1, 0.15) is 0 Å². The second kappa shape index (κ2) is 15.3. The lowest BCUT2D eigenvalue weighted by atomic mass is 10.00. The molecule has 1 aliphatic heterocycles. The van der Waals surface area contributed by atoms with Crippen LogP contribution in [0.2, 0.25) is 0 Å². The van der Waals surface area contributed by atoms with Crippen LogP contribution in [0.15, 0.2) is 101 Å². The molecule has 0 radical (unpaired) electrons. The first kappa shape index (κ1) is 33.0. The van der Waals surface area contributed by atoms with E-state index in [0.29, 0.717) is 41.0 Å². The van der Waals surface area contributed by atoms with E-state index in [1.807, 2.05) is 40.3 Å². The van der Waals surface area contributed by atoms with Crippen LogP contribution in [0.1, 0.15) is 50.2 Å². The van der Waals surface area contributed by atoms with E-state index in [9.17, 15) is 9.59 Å². The highest BCUT2D eigenvalue weighted by atomic mass is 32.2. The molecule has 3 aromatic carbocycles. The minimum absolute atomic E-state index is 0.113. The van der Waals surface area contributed by atoms with Crippen LogP contribution in [0.4, 0.5) is 0 Å². The number of carbonyl (C=O) groups excluding carboxylic acids is 2. The van der Waals surface area contributed by atoms with Crippen LogP contribution in [0, 0.1) is 6.92 Å². The summed E-state index contributed by atoms with van der Waals surface area (Å²) in [6.07, 6.45) is 1.38. The Kier molecular flexibility index (Phi) is 10.5. The summed E-state index contributed by atoms with van der Waals surface area (Å²) in [4.78, 5) is 28.0. The lowest BCUT2D eigenvalue weighted by molar-refractivity contribution is -0.130. The van der Waals surface area contributed by atoms with Crippen molar-refractivity contribution in [2.75, 3.05) is 20.0 Å². The maximum atomic E-state index is 13.8. The standard InChI is InChI=1S/C36H36N6O4S2/c1-24-11-13-26(14-12-24)29-21-28(32-10-7-19-47-32)40-42(29)34(43)23-48-36-39-38-33(41(36)18-17-25-8-5-4-6-9-25)22-37-35(44)27-15-16-30(45-2)31(20-27)46-3/h4-16,19-20,29H,17-18,21-23H2,1-3H3,(H,37,44). The van der Waals surface area contributed by atoms with Crippen LogP contribution >= 0.6 is 23.1 Å². The van der Waals surface area contributed by atoms with Crippen molar-refractivity contribution in [3.05, 3.63) is 123 Å². The average Bonchev–Trinajstić information content (AvgIpc) is 3.90. The van der Waals surface area contributed by atoms with Crippen LogP contribution < -0.4 is 14.8 Å². The summed E-state index contributed by atoms with van der Waals surface area (Å²) < 4.78 is 12.6. The third kappa shape index (κ3) is 7.61. The summed E-state index contributed by atoms with van der Waals surface area (Å²) in [7, 11) is 3.08. The minimum Gasteiger partial charge on any atom is -0.493 e. The number of nitrogens with zero attached hydrogens (tertiary/aromatic N) is 5. The molecular weight excluding hydrogens is 645 g/mol. The first-order chi connectivity index (χ1) is 23.4. The average molecular weight is 681 g/mol. The van der Waals surface area contributed by atoms with E-state index in [2.05, 4.69) is 58.8 Å². The Bertz CT molecular complexity index is 1890. The highest BCUT2D eigenvalue weighted by Gasteiger charge is 2.33. The fraction of sp³-hybridized carbons (Fsp3) is 0.250. The van der Waals surface area contributed by atoms with Gasteiger partial charge in [-0.15, -0.1) is 21.5 Å². The fourth-order valence-electron chi connectivity index (χ4n) is 5.48. The largest absolute Gasteiger partial charge is 0.493 e. The van der Waals surface area contributed by atoms with Crippen LogP contribution in [-0.4, -0.2) is 57.3 Å². The van der Waals surface area contributed by atoms with Gasteiger partial charge in [0.2, 0.25) is 0 Å². The second-order valence-electron chi connectivity index (χ2n) is 11.2. The smallest absolute Gasteiger partial charge is 0.253 e. The van der Waals surface area contributed by atoms with E-state index in [-0.39, 0.29) is 30.2 Å². The van der Waals surface area contributed by atoms with Gasteiger partial charge in [0.25, 0.3) is 11.8 Å². The lowest BCUT2D eigenvalue weighted by Gasteiger charge is -2.22. The number of hydrazone groups is 1. The molecule has 2 aromatic heterocycles. The molecule has 1 unspecified atom stereocenters. The maximum absolute atomic E-state index is 13.8. The lowest BCUT2D eigenvalue weighted by Crippen LogP contribution is -2.28. The number of hydrogen-bond donors (Lipinski definition) is 1. The highest BCUT2D eigenvalue weighted by molar-refractivity contribution is 7.99. The third-order valence-corrected chi connectivity index (χ3v) is 9.94. The molecule has 0 aliphatic carbocycles. The van der Waals surface area contributed by atoms with Gasteiger partial charge in [0.15, 0.2) is 22.5 Å². The quantitative estimate of drug-likeness (QED) is 0.145. The van der Waals surface area contributed by atoms with Gasteiger partial charge in [0.05, 0.1) is 43.1 Å². The molecule has 0 fully saturated rings. The molecule has 246 valence electrons. The van der Waals surface area contributed by atoms with Gasteiger partial charge in [-0.1, -0.05) is 78.0 Å². The summed E-state index contributed by atoms with van der Waals surface area (Å²) in [5.74, 6) is 1.33. The molecule has 0 bridgehead atoms. The molecule has 1 N–H and O–H groups in total. The first-order valence-electron chi connectivity index (χ1n) is 15.5. The van der Waals surface area contributed by atoms with E-state index >= 15 is 0 Å². The Balaban J connectivity index is 1.19. The Morgan fingerprint density at radius 2 is 1.75 bits per heavy atom.